The van der Waals surface area contributed by atoms with Gasteiger partial charge in [-0.05, 0) is 39.8 Å². The second-order valence-electron chi connectivity index (χ2n) is 4.76. The van der Waals surface area contributed by atoms with Gasteiger partial charge in [-0.3, -0.25) is 0 Å². The van der Waals surface area contributed by atoms with E-state index in [0.29, 0.717) is 11.8 Å². The van der Waals surface area contributed by atoms with E-state index in [9.17, 15) is 0 Å². The summed E-state index contributed by atoms with van der Waals surface area (Å²) in [6, 6.07) is 0. The van der Waals surface area contributed by atoms with Gasteiger partial charge in [0.25, 0.3) is 0 Å². The summed E-state index contributed by atoms with van der Waals surface area (Å²) in [6.45, 7) is 6.11. The monoisotopic (exact) mass is 236 g/mol. The normalized spacial score (nSPS) is 24.1. The highest BCUT2D eigenvalue weighted by atomic mass is 15.2. The van der Waals surface area contributed by atoms with Gasteiger partial charge in [0.2, 0.25) is 0 Å². The largest absolute Gasteiger partial charge is 0.391 e. The van der Waals surface area contributed by atoms with Crippen LogP contribution in [0.15, 0.2) is 23.9 Å². The average Bonchev–Trinajstić information content (AvgIpc) is 2.35. The Morgan fingerprint density at radius 1 is 1.41 bits per heavy atom. The molecule has 0 heterocycles. The fourth-order valence-electron chi connectivity index (χ4n) is 2.52. The zero-order chi connectivity index (χ0) is 12.9. The van der Waals surface area contributed by atoms with Crippen LogP contribution in [0.25, 0.3) is 0 Å². The summed E-state index contributed by atoms with van der Waals surface area (Å²) < 4.78 is 0. The van der Waals surface area contributed by atoms with Crippen LogP contribution >= 0.6 is 0 Å². The lowest BCUT2D eigenvalue weighted by Crippen LogP contribution is -2.61. The molecule has 1 rings (SSSR count). The van der Waals surface area contributed by atoms with Gasteiger partial charge in [0.15, 0.2) is 0 Å². The zero-order valence-corrected chi connectivity index (χ0v) is 11.5. The highest BCUT2D eigenvalue weighted by Gasteiger charge is 2.38. The molecule has 0 amide bonds. The van der Waals surface area contributed by atoms with E-state index in [1.807, 2.05) is 21.1 Å². The standard InChI is InChI=1S/C14H26N3/c1-11(2)8-9-12-13(15-3)7-6-10-14(12,16-4)17-5/h7-9,11-12,15-17H,1,6,10H2,2-5H3. The molecule has 0 spiro atoms. The smallest absolute Gasteiger partial charge is 0.0805 e. The Hall–Kier alpha value is -0.800. The van der Waals surface area contributed by atoms with Gasteiger partial charge in [0.1, 0.15) is 0 Å². The maximum Gasteiger partial charge on any atom is 0.0805 e. The fourth-order valence-corrected chi connectivity index (χ4v) is 2.52. The highest BCUT2D eigenvalue weighted by molar-refractivity contribution is 5.23. The van der Waals surface area contributed by atoms with Crippen LogP contribution in [0, 0.1) is 18.8 Å². The summed E-state index contributed by atoms with van der Waals surface area (Å²) >= 11 is 0. The molecule has 0 aromatic carbocycles. The molecule has 0 saturated heterocycles. The third-order valence-electron chi connectivity index (χ3n) is 3.58. The van der Waals surface area contributed by atoms with Gasteiger partial charge in [0, 0.05) is 18.7 Å². The minimum Gasteiger partial charge on any atom is -0.391 e. The number of hydrogen-bond acceptors (Lipinski definition) is 3. The first kappa shape index (κ1) is 14.3. The maximum absolute atomic E-state index is 4.01. The Morgan fingerprint density at radius 2 is 2.06 bits per heavy atom. The van der Waals surface area contributed by atoms with Crippen LogP contribution in [0.2, 0.25) is 0 Å². The van der Waals surface area contributed by atoms with Crippen molar-refractivity contribution in [2.24, 2.45) is 11.8 Å². The quantitative estimate of drug-likeness (QED) is 0.502. The molecule has 2 atom stereocenters. The van der Waals surface area contributed by atoms with E-state index in [1.54, 1.807) is 0 Å². The van der Waals surface area contributed by atoms with Crippen LogP contribution in [-0.2, 0) is 0 Å². The molecule has 0 aliphatic heterocycles. The first-order chi connectivity index (χ1) is 8.09. The van der Waals surface area contributed by atoms with Gasteiger partial charge in [0.05, 0.1) is 5.66 Å². The van der Waals surface area contributed by atoms with Crippen molar-refractivity contribution < 1.29 is 0 Å². The van der Waals surface area contributed by atoms with Crippen LogP contribution < -0.4 is 16.0 Å². The molecule has 2 unspecified atom stereocenters. The van der Waals surface area contributed by atoms with Crippen molar-refractivity contribution in [1.82, 2.24) is 16.0 Å². The van der Waals surface area contributed by atoms with Crippen molar-refractivity contribution in [1.29, 1.82) is 0 Å². The van der Waals surface area contributed by atoms with Crippen molar-refractivity contribution in [3.8, 4) is 0 Å². The highest BCUT2D eigenvalue weighted by Crippen LogP contribution is 2.32. The van der Waals surface area contributed by atoms with Gasteiger partial charge in [-0.15, -0.1) is 0 Å². The van der Waals surface area contributed by atoms with E-state index in [4.69, 9.17) is 0 Å². The molecule has 1 radical (unpaired) electrons. The molecular formula is C14H26N3. The van der Waals surface area contributed by atoms with E-state index in [0.717, 1.165) is 12.8 Å². The minimum atomic E-state index is -0.0571. The Labute approximate surface area is 106 Å². The Bertz CT molecular complexity index is 288. The molecule has 97 valence electrons. The van der Waals surface area contributed by atoms with Crippen molar-refractivity contribution >= 4 is 0 Å². The Morgan fingerprint density at radius 3 is 2.53 bits per heavy atom. The van der Waals surface area contributed by atoms with Gasteiger partial charge in [-0.2, -0.15) is 0 Å². The molecular weight excluding hydrogens is 210 g/mol. The maximum atomic E-state index is 4.01. The summed E-state index contributed by atoms with van der Waals surface area (Å²) in [5, 5.41) is 10.2. The van der Waals surface area contributed by atoms with Crippen LogP contribution in [0.4, 0.5) is 0 Å². The lowest BCUT2D eigenvalue weighted by atomic mass is 9.80. The van der Waals surface area contributed by atoms with Crippen LogP contribution in [0.1, 0.15) is 19.8 Å². The van der Waals surface area contributed by atoms with Crippen LogP contribution in [0.5, 0.6) is 0 Å². The molecule has 0 saturated carbocycles. The van der Waals surface area contributed by atoms with E-state index >= 15 is 0 Å². The number of allylic oxidation sites excluding steroid dienone is 2. The zero-order valence-electron chi connectivity index (χ0n) is 11.5. The SMILES string of the molecule is [CH2]C(C)C=CC1C(NC)=CCCC1(NC)NC. The summed E-state index contributed by atoms with van der Waals surface area (Å²) in [4.78, 5) is 0. The number of nitrogens with one attached hydrogen (secondary N) is 3. The predicted molar refractivity (Wildman–Crippen MR) is 74.4 cm³/mol. The van der Waals surface area contributed by atoms with E-state index in [-0.39, 0.29) is 5.66 Å². The average molecular weight is 236 g/mol. The molecule has 0 aromatic rings. The number of hydrogen-bond donors (Lipinski definition) is 3. The van der Waals surface area contributed by atoms with E-state index < -0.39 is 0 Å². The van der Waals surface area contributed by atoms with Crippen molar-refractivity contribution in [2.75, 3.05) is 21.1 Å². The second kappa shape index (κ2) is 6.22. The Balaban J connectivity index is 3.01. The molecule has 0 bridgehead atoms. The molecule has 3 nitrogen and oxygen atoms in total. The van der Waals surface area contributed by atoms with Crippen molar-refractivity contribution in [3.05, 3.63) is 30.8 Å². The minimum absolute atomic E-state index is 0.0571. The van der Waals surface area contributed by atoms with Gasteiger partial charge < -0.3 is 16.0 Å². The van der Waals surface area contributed by atoms with Crippen molar-refractivity contribution in [2.45, 2.75) is 25.4 Å². The lowest BCUT2D eigenvalue weighted by molar-refractivity contribution is 0.207. The summed E-state index contributed by atoms with van der Waals surface area (Å²) in [6.07, 6.45) is 8.89. The molecule has 17 heavy (non-hydrogen) atoms. The predicted octanol–water partition coefficient (Wildman–Crippen LogP) is 1.66. The molecule has 3 N–H and O–H groups in total. The summed E-state index contributed by atoms with van der Waals surface area (Å²) in [5.74, 6) is 0.655. The molecule has 1 aliphatic carbocycles. The molecule has 0 fully saturated rings. The second-order valence-corrected chi connectivity index (χ2v) is 4.76. The molecule has 3 heteroatoms. The van der Waals surface area contributed by atoms with Gasteiger partial charge in [-0.1, -0.05) is 25.2 Å². The summed E-state index contributed by atoms with van der Waals surface area (Å²) in [7, 11) is 6.02. The van der Waals surface area contributed by atoms with Crippen LogP contribution in [0.3, 0.4) is 0 Å². The first-order valence-corrected chi connectivity index (χ1v) is 6.36. The topological polar surface area (TPSA) is 36.1 Å². The summed E-state index contributed by atoms with van der Waals surface area (Å²) in [5.41, 5.74) is 1.22. The van der Waals surface area contributed by atoms with Gasteiger partial charge in [-0.25, -0.2) is 0 Å². The van der Waals surface area contributed by atoms with E-state index in [1.165, 1.54) is 5.70 Å². The van der Waals surface area contributed by atoms with E-state index in [2.05, 4.69) is 48.0 Å². The fraction of sp³-hybridized carbons (Fsp3) is 0.643. The van der Waals surface area contributed by atoms with Gasteiger partial charge >= 0.3 is 0 Å². The molecule has 1 aliphatic rings. The van der Waals surface area contributed by atoms with Crippen molar-refractivity contribution in [3.63, 3.8) is 0 Å². The molecule has 0 aromatic heterocycles. The first-order valence-electron chi connectivity index (χ1n) is 6.36. The van der Waals surface area contributed by atoms with Crippen LogP contribution in [-0.4, -0.2) is 26.8 Å². The Kier molecular flexibility index (Phi) is 5.22. The third-order valence-corrected chi connectivity index (χ3v) is 3.58. The number of rotatable bonds is 5. The third kappa shape index (κ3) is 3.11. The lowest BCUT2D eigenvalue weighted by Gasteiger charge is -2.43.